The van der Waals surface area contributed by atoms with Crippen molar-refractivity contribution < 1.29 is 5.11 Å². The number of aromatic nitrogens is 1. The van der Waals surface area contributed by atoms with Crippen molar-refractivity contribution in [1.29, 1.82) is 0 Å². The predicted molar refractivity (Wildman–Crippen MR) is 90.9 cm³/mol. The Balaban J connectivity index is 2.02. The van der Waals surface area contributed by atoms with E-state index in [1.807, 2.05) is 30.5 Å². The number of phenols is 1. The molecule has 112 valence electrons. The SMILES string of the molecule is CCN(CC)c1ccc(NCc2cc(Br)ccc2O)cn1. The van der Waals surface area contributed by atoms with Crippen molar-refractivity contribution >= 4 is 27.4 Å². The van der Waals surface area contributed by atoms with E-state index in [2.05, 4.69) is 45.0 Å². The van der Waals surface area contributed by atoms with Crippen LogP contribution in [0.4, 0.5) is 11.5 Å². The molecule has 0 aliphatic rings. The summed E-state index contributed by atoms with van der Waals surface area (Å²) in [7, 11) is 0. The molecule has 2 rings (SSSR count). The fourth-order valence-corrected chi connectivity index (χ4v) is 2.53. The van der Waals surface area contributed by atoms with Crippen LogP contribution in [0.15, 0.2) is 41.0 Å². The summed E-state index contributed by atoms with van der Waals surface area (Å²) >= 11 is 3.41. The lowest BCUT2D eigenvalue weighted by Crippen LogP contribution is -2.22. The van der Waals surface area contributed by atoms with Crippen molar-refractivity contribution in [3.63, 3.8) is 0 Å². The van der Waals surface area contributed by atoms with E-state index < -0.39 is 0 Å². The molecule has 5 heteroatoms. The largest absolute Gasteiger partial charge is 0.508 e. The Morgan fingerprint density at radius 1 is 1.19 bits per heavy atom. The van der Waals surface area contributed by atoms with Crippen LogP contribution in [0.1, 0.15) is 19.4 Å². The second-order valence-electron chi connectivity index (χ2n) is 4.70. The molecule has 2 N–H and O–H groups in total. The van der Waals surface area contributed by atoms with Gasteiger partial charge in [0.1, 0.15) is 11.6 Å². The molecular weight excluding hydrogens is 330 g/mol. The summed E-state index contributed by atoms with van der Waals surface area (Å²) in [5.74, 6) is 1.27. The number of halogens is 1. The smallest absolute Gasteiger partial charge is 0.128 e. The first-order valence-electron chi connectivity index (χ1n) is 7.06. The number of hydrogen-bond donors (Lipinski definition) is 2. The lowest BCUT2D eigenvalue weighted by molar-refractivity contribution is 0.469. The number of phenolic OH excluding ortho intramolecular Hbond substituents is 1. The highest BCUT2D eigenvalue weighted by atomic mass is 79.9. The van der Waals surface area contributed by atoms with Gasteiger partial charge in [0.25, 0.3) is 0 Å². The number of aromatic hydroxyl groups is 1. The maximum absolute atomic E-state index is 9.81. The average Bonchev–Trinajstić information content (AvgIpc) is 2.51. The summed E-state index contributed by atoms with van der Waals surface area (Å²) in [5.41, 5.74) is 1.78. The molecule has 21 heavy (non-hydrogen) atoms. The summed E-state index contributed by atoms with van der Waals surface area (Å²) in [6.45, 7) is 6.68. The quantitative estimate of drug-likeness (QED) is 0.827. The summed E-state index contributed by atoms with van der Waals surface area (Å²) in [4.78, 5) is 6.66. The van der Waals surface area contributed by atoms with Gasteiger partial charge in [-0.1, -0.05) is 15.9 Å². The molecule has 0 amide bonds. The Hall–Kier alpha value is -1.75. The molecule has 0 fully saturated rings. The third kappa shape index (κ3) is 4.11. The number of anilines is 2. The van der Waals surface area contributed by atoms with Crippen LogP contribution in [0.2, 0.25) is 0 Å². The van der Waals surface area contributed by atoms with Crippen molar-refractivity contribution in [1.82, 2.24) is 4.98 Å². The van der Waals surface area contributed by atoms with Gasteiger partial charge in [-0.2, -0.15) is 0 Å². The van der Waals surface area contributed by atoms with Crippen molar-refractivity contribution in [2.75, 3.05) is 23.3 Å². The topological polar surface area (TPSA) is 48.4 Å². The number of benzene rings is 1. The van der Waals surface area contributed by atoms with Gasteiger partial charge in [0.05, 0.1) is 11.9 Å². The van der Waals surface area contributed by atoms with Gasteiger partial charge in [-0.15, -0.1) is 0 Å². The van der Waals surface area contributed by atoms with Crippen LogP contribution >= 0.6 is 15.9 Å². The van der Waals surface area contributed by atoms with Crippen molar-refractivity contribution in [3.8, 4) is 5.75 Å². The maximum atomic E-state index is 9.81. The zero-order valence-electron chi connectivity index (χ0n) is 12.3. The second-order valence-corrected chi connectivity index (χ2v) is 5.62. The van der Waals surface area contributed by atoms with Gasteiger partial charge >= 0.3 is 0 Å². The average molecular weight is 350 g/mol. The highest BCUT2D eigenvalue weighted by Gasteiger charge is 2.04. The lowest BCUT2D eigenvalue weighted by Gasteiger charge is -2.19. The van der Waals surface area contributed by atoms with Crippen LogP contribution in [-0.2, 0) is 6.54 Å². The van der Waals surface area contributed by atoms with E-state index in [1.54, 1.807) is 6.07 Å². The molecule has 0 unspecified atom stereocenters. The van der Waals surface area contributed by atoms with Gasteiger partial charge in [-0.25, -0.2) is 4.98 Å². The van der Waals surface area contributed by atoms with E-state index in [4.69, 9.17) is 0 Å². The van der Waals surface area contributed by atoms with E-state index in [1.165, 1.54) is 0 Å². The first kappa shape index (κ1) is 15.6. The number of nitrogens with zero attached hydrogens (tertiary/aromatic N) is 2. The molecule has 0 saturated heterocycles. The highest BCUT2D eigenvalue weighted by molar-refractivity contribution is 9.10. The van der Waals surface area contributed by atoms with Crippen LogP contribution in [0.25, 0.3) is 0 Å². The molecule has 0 aliphatic carbocycles. The Morgan fingerprint density at radius 2 is 1.95 bits per heavy atom. The minimum atomic E-state index is 0.290. The molecule has 0 radical (unpaired) electrons. The Labute approximate surface area is 134 Å². The Bertz CT molecular complexity index is 583. The summed E-state index contributed by atoms with van der Waals surface area (Å²) in [6.07, 6.45) is 1.82. The molecule has 0 spiro atoms. The van der Waals surface area contributed by atoms with E-state index >= 15 is 0 Å². The fourth-order valence-electron chi connectivity index (χ4n) is 2.12. The summed E-state index contributed by atoms with van der Waals surface area (Å²) in [6, 6.07) is 9.42. The second kappa shape index (κ2) is 7.31. The number of hydrogen-bond acceptors (Lipinski definition) is 4. The van der Waals surface area contributed by atoms with E-state index in [9.17, 15) is 5.11 Å². The molecule has 2 aromatic rings. The third-order valence-corrected chi connectivity index (χ3v) is 3.85. The minimum absolute atomic E-state index is 0.290. The molecule has 1 heterocycles. The molecule has 4 nitrogen and oxygen atoms in total. The van der Waals surface area contributed by atoms with Crippen molar-refractivity contribution in [3.05, 3.63) is 46.6 Å². The molecular formula is C16H20BrN3O. The van der Waals surface area contributed by atoms with Crippen LogP contribution < -0.4 is 10.2 Å². The molecule has 1 aromatic carbocycles. The van der Waals surface area contributed by atoms with Crippen LogP contribution in [0.5, 0.6) is 5.75 Å². The molecule has 0 atom stereocenters. The molecule has 0 bridgehead atoms. The van der Waals surface area contributed by atoms with Crippen LogP contribution in [0.3, 0.4) is 0 Å². The predicted octanol–water partition coefficient (Wildman–Crippen LogP) is 4.01. The summed E-state index contributed by atoms with van der Waals surface area (Å²) < 4.78 is 0.951. The Morgan fingerprint density at radius 3 is 2.57 bits per heavy atom. The highest BCUT2D eigenvalue weighted by Crippen LogP contribution is 2.23. The zero-order valence-corrected chi connectivity index (χ0v) is 13.9. The van der Waals surface area contributed by atoms with E-state index in [-0.39, 0.29) is 0 Å². The minimum Gasteiger partial charge on any atom is -0.508 e. The van der Waals surface area contributed by atoms with Gasteiger partial charge in [-0.05, 0) is 44.2 Å². The van der Waals surface area contributed by atoms with Gasteiger partial charge < -0.3 is 15.3 Å². The zero-order chi connectivity index (χ0) is 15.2. The lowest BCUT2D eigenvalue weighted by atomic mass is 10.2. The number of rotatable bonds is 6. The first-order chi connectivity index (χ1) is 10.1. The monoisotopic (exact) mass is 349 g/mol. The normalized spacial score (nSPS) is 10.4. The number of pyridine rings is 1. The standard InChI is InChI=1S/C16H20BrN3O/c1-3-20(4-2)16-8-6-14(11-19-16)18-10-12-9-13(17)5-7-15(12)21/h5-9,11,18,21H,3-4,10H2,1-2H3. The maximum Gasteiger partial charge on any atom is 0.128 e. The fraction of sp³-hybridized carbons (Fsp3) is 0.312. The number of nitrogens with one attached hydrogen (secondary N) is 1. The third-order valence-electron chi connectivity index (χ3n) is 3.36. The van der Waals surface area contributed by atoms with E-state index in [0.29, 0.717) is 12.3 Å². The van der Waals surface area contributed by atoms with Gasteiger partial charge in [0.15, 0.2) is 0 Å². The molecule has 0 aliphatic heterocycles. The van der Waals surface area contributed by atoms with Gasteiger partial charge in [-0.3, -0.25) is 0 Å². The Kier molecular flexibility index (Phi) is 5.44. The van der Waals surface area contributed by atoms with Crippen molar-refractivity contribution in [2.45, 2.75) is 20.4 Å². The van der Waals surface area contributed by atoms with Crippen LogP contribution in [0, 0.1) is 0 Å². The van der Waals surface area contributed by atoms with Gasteiger partial charge in [0, 0.05) is 29.7 Å². The molecule has 1 aromatic heterocycles. The van der Waals surface area contributed by atoms with Crippen molar-refractivity contribution in [2.24, 2.45) is 0 Å². The van der Waals surface area contributed by atoms with Crippen LogP contribution in [-0.4, -0.2) is 23.2 Å². The van der Waals surface area contributed by atoms with Gasteiger partial charge in [0.2, 0.25) is 0 Å². The van der Waals surface area contributed by atoms with E-state index in [0.717, 1.165) is 34.6 Å². The summed E-state index contributed by atoms with van der Waals surface area (Å²) in [5, 5.41) is 13.1. The molecule has 0 saturated carbocycles. The first-order valence-corrected chi connectivity index (χ1v) is 7.85.